The Morgan fingerprint density at radius 1 is 1.18 bits per heavy atom. The van der Waals surface area contributed by atoms with E-state index < -0.39 is 23.1 Å². The molecule has 1 aromatic heterocycles. The Morgan fingerprint density at radius 3 is 2.45 bits per heavy atom. The molecule has 0 saturated carbocycles. The van der Waals surface area contributed by atoms with E-state index >= 15 is 0 Å². The van der Waals surface area contributed by atoms with Gasteiger partial charge in [0.1, 0.15) is 0 Å². The van der Waals surface area contributed by atoms with Crippen molar-refractivity contribution in [2.45, 2.75) is 13.1 Å². The Labute approximate surface area is 126 Å². The first-order chi connectivity index (χ1) is 10.3. The van der Waals surface area contributed by atoms with Crippen molar-refractivity contribution in [3.63, 3.8) is 0 Å². The maximum atomic E-state index is 12.3. The Balaban J connectivity index is 2.00. The molecule has 3 amide bonds. The van der Waals surface area contributed by atoms with Gasteiger partial charge >= 0.3 is 12.2 Å². The van der Waals surface area contributed by atoms with Crippen LogP contribution in [0, 0.1) is 6.92 Å². The second-order valence-corrected chi connectivity index (χ2v) is 5.11. The lowest BCUT2D eigenvalue weighted by Crippen LogP contribution is -2.34. The van der Waals surface area contributed by atoms with Crippen molar-refractivity contribution in [1.29, 1.82) is 0 Å². The van der Waals surface area contributed by atoms with Crippen molar-refractivity contribution in [2.75, 3.05) is 5.32 Å². The van der Waals surface area contributed by atoms with Gasteiger partial charge in [0.25, 0.3) is 5.91 Å². The van der Waals surface area contributed by atoms with E-state index in [2.05, 4.69) is 10.2 Å². The maximum Gasteiger partial charge on any atom is 0.445 e. The van der Waals surface area contributed by atoms with E-state index in [1.807, 2.05) is 10.6 Å². The van der Waals surface area contributed by atoms with Crippen LogP contribution in [0.15, 0.2) is 24.3 Å². The zero-order chi connectivity index (χ0) is 16.3. The largest absolute Gasteiger partial charge is 0.445 e. The predicted octanol–water partition coefficient (Wildman–Crippen LogP) is 2.83. The first-order valence-electron chi connectivity index (χ1n) is 5.86. The Bertz CT molecular complexity index is 714. The van der Waals surface area contributed by atoms with Gasteiger partial charge in [0.15, 0.2) is 0 Å². The van der Waals surface area contributed by atoms with Crippen LogP contribution in [0.3, 0.4) is 0 Å². The van der Waals surface area contributed by atoms with Gasteiger partial charge in [-0.15, -0.1) is 10.2 Å². The number of hydrogen-bond donors (Lipinski definition) is 2. The van der Waals surface area contributed by atoms with Crippen LogP contribution in [0.4, 0.5) is 23.1 Å². The molecule has 0 aliphatic rings. The third-order valence-corrected chi connectivity index (χ3v) is 3.39. The summed E-state index contributed by atoms with van der Waals surface area (Å²) in [5.41, 5.74) is 0.939. The van der Waals surface area contributed by atoms with Crippen molar-refractivity contribution in [3.8, 4) is 0 Å². The smallest absolute Gasteiger partial charge is 0.282 e. The summed E-state index contributed by atoms with van der Waals surface area (Å²) >= 11 is 0.164. The highest BCUT2D eigenvalue weighted by atomic mass is 32.1. The van der Waals surface area contributed by atoms with Crippen LogP contribution in [0.25, 0.3) is 0 Å². The van der Waals surface area contributed by atoms with Crippen molar-refractivity contribution in [1.82, 2.24) is 15.5 Å². The molecule has 0 bridgehead atoms. The van der Waals surface area contributed by atoms with Crippen LogP contribution in [-0.4, -0.2) is 22.1 Å². The quantitative estimate of drug-likeness (QED) is 0.887. The molecular formula is C12H9F3N4O2S. The molecule has 0 radical (unpaired) electrons. The van der Waals surface area contributed by atoms with E-state index in [1.165, 1.54) is 6.07 Å². The minimum absolute atomic E-state index is 0.164. The standard InChI is InChI=1S/C12H9F3N4O2S/c1-6-4-2-3-5-7(6)8(20)16-10(21)17-11-19-18-9(22-11)12(13,14)15/h2-5H,1H3,(H2,16,17,19,20,21). The fourth-order valence-corrected chi connectivity index (χ4v) is 2.12. The summed E-state index contributed by atoms with van der Waals surface area (Å²) in [7, 11) is 0. The monoisotopic (exact) mass is 330 g/mol. The molecule has 2 aromatic rings. The summed E-state index contributed by atoms with van der Waals surface area (Å²) in [6, 6.07) is 5.57. The molecule has 0 spiro atoms. The Kier molecular flexibility index (Phi) is 4.40. The van der Waals surface area contributed by atoms with Crippen molar-refractivity contribution in [2.24, 2.45) is 0 Å². The number of imide groups is 1. The van der Waals surface area contributed by atoms with E-state index in [0.717, 1.165) is 0 Å². The molecule has 22 heavy (non-hydrogen) atoms. The predicted molar refractivity (Wildman–Crippen MR) is 72.6 cm³/mol. The second kappa shape index (κ2) is 6.10. The summed E-state index contributed by atoms with van der Waals surface area (Å²) < 4.78 is 37.0. The Morgan fingerprint density at radius 2 is 1.86 bits per heavy atom. The average molecular weight is 330 g/mol. The highest BCUT2D eigenvalue weighted by Crippen LogP contribution is 2.32. The van der Waals surface area contributed by atoms with Gasteiger partial charge < -0.3 is 0 Å². The maximum absolute atomic E-state index is 12.3. The number of alkyl halides is 3. The van der Waals surface area contributed by atoms with Crippen LogP contribution in [0.2, 0.25) is 0 Å². The number of nitrogens with one attached hydrogen (secondary N) is 2. The number of urea groups is 1. The van der Waals surface area contributed by atoms with Crippen LogP contribution in [0.1, 0.15) is 20.9 Å². The van der Waals surface area contributed by atoms with Gasteiger partial charge in [0.2, 0.25) is 10.1 Å². The fourth-order valence-electron chi connectivity index (χ4n) is 1.51. The summed E-state index contributed by atoms with van der Waals surface area (Å²) in [6.07, 6.45) is -4.63. The number of hydrogen-bond acceptors (Lipinski definition) is 5. The number of aromatic nitrogens is 2. The zero-order valence-corrected chi connectivity index (χ0v) is 11.9. The summed E-state index contributed by atoms with van der Waals surface area (Å²) in [6.45, 7) is 1.69. The molecule has 0 saturated heterocycles. The van der Waals surface area contributed by atoms with Gasteiger partial charge in [-0.05, 0) is 18.6 Å². The normalized spacial score (nSPS) is 11.1. The molecule has 2 rings (SSSR count). The minimum atomic E-state index is -4.63. The van der Waals surface area contributed by atoms with Crippen LogP contribution < -0.4 is 10.6 Å². The van der Waals surface area contributed by atoms with Gasteiger partial charge in [-0.25, -0.2) is 4.79 Å². The first kappa shape index (κ1) is 15.9. The van der Waals surface area contributed by atoms with E-state index in [0.29, 0.717) is 5.56 Å². The third kappa shape index (κ3) is 3.79. The number of carbonyl (C=O) groups excluding carboxylic acids is 2. The van der Waals surface area contributed by atoms with E-state index in [4.69, 9.17) is 0 Å². The van der Waals surface area contributed by atoms with Crippen LogP contribution in [-0.2, 0) is 6.18 Å². The number of halogens is 3. The number of aryl methyl sites for hydroxylation is 1. The molecule has 6 nitrogen and oxygen atoms in total. The number of anilines is 1. The molecule has 0 aliphatic carbocycles. The van der Waals surface area contributed by atoms with Gasteiger partial charge in [0, 0.05) is 5.56 Å². The van der Waals surface area contributed by atoms with E-state index in [-0.39, 0.29) is 22.0 Å². The summed E-state index contributed by atoms with van der Waals surface area (Å²) in [4.78, 5) is 23.4. The van der Waals surface area contributed by atoms with E-state index in [9.17, 15) is 22.8 Å². The summed E-state index contributed by atoms with van der Waals surface area (Å²) in [5.74, 6) is -0.670. The van der Waals surface area contributed by atoms with E-state index in [1.54, 1.807) is 25.1 Å². The minimum Gasteiger partial charge on any atom is -0.282 e. The second-order valence-electron chi connectivity index (χ2n) is 4.13. The molecule has 2 N–H and O–H groups in total. The highest BCUT2D eigenvalue weighted by molar-refractivity contribution is 7.15. The molecule has 116 valence electrons. The molecule has 1 aromatic carbocycles. The summed E-state index contributed by atoms with van der Waals surface area (Å²) in [5, 5.41) is 8.58. The van der Waals surface area contributed by atoms with Crippen LogP contribution >= 0.6 is 11.3 Å². The van der Waals surface area contributed by atoms with Crippen molar-refractivity contribution >= 4 is 28.4 Å². The third-order valence-electron chi connectivity index (χ3n) is 2.50. The average Bonchev–Trinajstić information content (AvgIpc) is 2.87. The number of benzene rings is 1. The lowest BCUT2D eigenvalue weighted by molar-refractivity contribution is -0.138. The molecule has 0 aliphatic heterocycles. The van der Waals surface area contributed by atoms with Gasteiger partial charge in [-0.1, -0.05) is 29.5 Å². The zero-order valence-electron chi connectivity index (χ0n) is 11.1. The van der Waals surface area contributed by atoms with Crippen LogP contribution in [0.5, 0.6) is 0 Å². The van der Waals surface area contributed by atoms with Gasteiger partial charge in [-0.2, -0.15) is 13.2 Å². The van der Waals surface area contributed by atoms with Gasteiger partial charge in [-0.3, -0.25) is 15.4 Å². The molecule has 0 atom stereocenters. The number of rotatable bonds is 2. The number of nitrogens with zero attached hydrogens (tertiary/aromatic N) is 2. The first-order valence-corrected chi connectivity index (χ1v) is 6.67. The lowest BCUT2D eigenvalue weighted by atomic mass is 10.1. The Hall–Kier alpha value is -2.49. The number of carbonyl (C=O) groups is 2. The topological polar surface area (TPSA) is 84.0 Å². The SMILES string of the molecule is Cc1ccccc1C(=O)NC(=O)Nc1nnc(C(F)(F)F)s1. The molecule has 0 unspecified atom stereocenters. The molecule has 10 heteroatoms. The highest BCUT2D eigenvalue weighted by Gasteiger charge is 2.35. The lowest BCUT2D eigenvalue weighted by Gasteiger charge is -2.06. The molecule has 0 fully saturated rings. The van der Waals surface area contributed by atoms with Crippen molar-refractivity contribution < 1.29 is 22.8 Å². The molecular weight excluding hydrogens is 321 g/mol. The van der Waals surface area contributed by atoms with Gasteiger partial charge in [0.05, 0.1) is 0 Å². The number of amides is 3. The van der Waals surface area contributed by atoms with Crippen molar-refractivity contribution in [3.05, 3.63) is 40.4 Å². The fraction of sp³-hybridized carbons (Fsp3) is 0.167. The molecule has 1 heterocycles.